The maximum Gasteiger partial charge on any atom is 0.0451 e. The summed E-state index contributed by atoms with van der Waals surface area (Å²) in [4.78, 5) is 2.54. The SMILES string of the molecule is Clc1ccccc1CN1CCCC(CCBr)C1. The summed E-state index contributed by atoms with van der Waals surface area (Å²) < 4.78 is 0. The average molecular weight is 317 g/mol. The highest BCUT2D eigenvalue weighted by Gasteiger charge is 2.19. The van der Waals surface area contributed by atoms with E-state index in [2.05, 4.69) is 33.0 Å². The molecule has 0 bridgehead atoms. The molecule has 2 rings (SSSR count). The molecule has 0 radical (unpaired) electrons. The molecule has 1 fully saturated rings. The van der Waals surface area contributed by atoms with Crippen LogP contribution < -0.4 is 0 Å². The lowest BCUT2D eigenvalue weighted by Crippen LogP contribution is -2.35. The highest BCUT2D eigenvalue weighted by atomic mass is 79.9. The average Bonchev–Trinajstić information content (AvgIpc) is 2.33. The summed E-state index contributed by atoms with van der Waals surface area (Å²) in [6.07, 6.45) is 3.99. The highest BCUT2D eigenvalue weighted by Crippen LogP contribution is 2.24. The second kappa shape index (κ2) is 6.77. The Kier molecular flexibility index (Phi) is 5.33. The molecule has 1 aromatic carbocycles. The van der Waals surface area contributed by atoms with Crippen LogP contribution in [-0.2, 0) is 6.54 Å². The van der Waals surface area contributed by atoms with Gasteiger partial charge in [0.25, 0.3) is 0 Å². The van der Waals surface area contributed by atoms with Crippen LogP contribution >= 0.6 is 27.5 Å². The van der Waals surface area contributed by atoms with E-state index in [4.69, 9.17) is 11.6 Å². The fourth-order valence-corrected chi connectivity index (χ4v) is 3.40. The number of halogens is 2. The fourth-order valence-electron chi connectivity index (χ4n) is 2.55. The first kappa shape index (κ1) is 13.4. The van der Waals surface area contributed by atoms with Gasteiger partial charge in [0.1, 0.15) is 0 Å². The van der Waals surface area contributed by atoms with Gasteiger partial charge in [0.15, 0.2) is 0 Å². The summed E-state index contributed by atoms with van der Waals surface area (Å²) in [6.45, 7) is 3.43. The number of rotatable bonds is 4. The van der Waals surface area contributed by atoms with Gasteiger partial charge in [-0.1, -0.05) is 45.7 Å². The topological polar surface area (TPSA) is 3.24 Å². The molecule has 1 aliphatic heterocycles. The lowest BCUT2D eigenvalue weighted by molar-refractivity contribution is 0.165. The maximum atomic E-state index is 6.21. The first-order valence-electron chi connectivity index (χ1n) is 6.31. The second-order valence-corrected chi connectivity index (χ2v) is 6.01. The Balaban J connectivity index is 1.92. The van der Waals surface area contributed by atoms with Gasteiger partial charge in [-0.25, -0.2) is 0 Å². The van der Waals surface area contributed by atoms with Gasteiger partial charge in [0, 0.05) is 23.4 Å². The first-order chi connectivity index (χ1) is 8.29. The van der Waals surface area contributed by atoms with Gasteiger partial charge >= 0.3 is 0 Å². The van der Waals surface area contributed by atoms with Gasteiger partial charge in [0.2, 0.25) is 0 Å². The van der Waals surface area contributed by atoms with Crippen LogP contribution in [0.3, 0.4) is 0 Å². The predicted molar refractivity (Wildman–Crippen MR) is 77.9 cm³/mol. The molecule has 0 aromatic heterocycles. The molecule has 1 saturated heterocycles. The minimum atomic E-state index is 0.852. The molecule has 3 heteroatoms. The van der Waals surface area contributed by atoms with Crippen LogP contribution in [0.1, 0.15) is 24.8 Å². The van der Waals surface area contributed by atoms with Crippen LogP contribution in [0.4, 0.5) is 0 Å². The van der Waals surface area contributed by atoms with Crippen molar-refractivity contribution in [3.05, 3.63) is 34.9 Å². The van der Waals surface area contributed by atoms with Crippen LogP contribution in [0.25, 0.3) is 0 Å². The zero-order valence-corrected chi connectivity index (χ0v) is 12.4. The van der Waals surface area contributed by atoms with E-state index in [0.29, 0.717) is 0 Å². The lowest BCUT2D eigenvalue weighted by Gasteiger charge is -2.32. The molecular formula is C14H19BrClN. The van der Waals surface area contributed by atoms with E-state index in [0.717, 1.165) is 22.8 Å². The number of hydrogen-bond donors (Lipinski definition) is 0. The van der Waals surface area contributed by atoms with E-state index in [1.54, 1.807) is 0 Å². The monoisotopic (exact) mass is 315 g/mol. The van der Waals surface area contributed by atoms with Crippen LogP contribution in [0.2, 0.25) is 5.02 Å². The van der Waals surface area contributed by atoms with Crippen LogP contribution in [0.5, 0.6) is 0 Å². The molecule has 1 unspecified atom stereocenters. The standard InChI is InChI=1S/C14H19BrClN/c15-8-7-12-4-3-9-17(10-12)11-13-5-1-2-6-14(13)16/h1-2,5-6,12H,3-4,7-11H2. The van der Waals surface area contributed by atoms with Crippen molar-refractivity contribution in [1.29, 1.82) is 0 Å². The molecule has 1 aliphatic rings. The summed E-state index contributed by atoms with van der Waals surface area (Å²) in [5.41, 5.74) is 1.26. The van der Waals surface area contributed by atoms with Gasteiger partial charge in [-0.3, -0.25) is 4.90 Å². The van der Waals surface area contributed by atoms with E-state index in [1.165, 1.54) is 37.9 Å². The Morgan fingerprint density at radius 3 is 2.94 bits per heavy atom. The van der Waals surface area contributed by atoms with Crippen molar-refractivity contribution < 1.29 is 0 Å². The van der Waals surface area contributed by atoms with Crippen LogP contribution in [-0.4, -0.2) is 23.3 Å². The van der Waals surface area contributed by atoms with Gasteiger partial charge < -0.3 is 0 Å². The Hall–Kier alpha value is -0.0500. The zero-order valence-electron chi connectivity index (χ0n) is 10.0. The molecule has 1 atom stereocenters. The van der Waals surface area contributed by atoms with Crippen molar-refractivity contribution in [2.24, 2.45) is 5.92 Å². The Morgan fingerprint density at radius 2 is 2.18 bits per heavy atom. The van der Waals surface area contributed by atoms with E-state index < -0.39 is 0 Å². The Bertz CT molecular complexity index is 354. The third-order valence-electron chi connectivity index (χ3n) is 3.47. The quantitative estimate of drug-likeness (QED) is 0.747. The maximum absolute atomic E-state index is 6.21. The summed E-state index contributed by atoms with van der Waals surface area (Å²) >= 11 is 9.75. The normalized spacial score (nSPS) is 21.6. The molecule has 0 amide bonds. The molecule has 1 aromatic rings. The molecule has 1 heterocycles. The minimum Gasteiger partial charge on any atom is -0.299 e. The summed E-state index contributed by atoms with van der Waals surface area (Å²) in [5.74, 6) is 0.852. The Morgan fingerprint density at radius 1 is 1.35 bits per heavy atom. The van der Waals surface area contributed by atoms with Crippen LogP contribution in [0.15, 0.2) is 24.3 Å². The van der Waals surface area contributed by atoms with Crippen molar-refractivity contribution in [1.82, 2.24) is 4.90 Å². The third kappa shape index (κ3) is 3.97. The largest absolute Gasteiger partial charge is 0.299 e. The summed E-state index contributed by atoms with van der Waals surface area (Å²) in [7, 11) is 0. The molecular weight excluding hydrogens is 298 g/mol. The second-order valence-electron chi connectivity index (χ2n) is 4.81. The van der Waals surface area contributed by atoms with Crippen LogP contribution in [0, 0.1) is 5.92 Å². The van der Waals surface area contributed by atoms with Gasteiger partial charge in [-0.2, -0.15) is 0 Å². The van der Waals surface area contributed by atoms with Gasteiger partial charge in [-0.15, -0.1) is 0 Å². The summed E-state index contributed by atoms with van der Waals surface area (Å²) in [5, 5.41) is 2.02. The van der Waals surface area contributed by atoms with Crippen molar-refractivity contribution in [3.8, 4) is 0 Å². The van der Waals surface area contributed by atoms with Crippen molar-refractivity contribution in [2.45, 2.75) is 25.8 Å². The molecule has 1 nitrogen and oxygen atoms in total. The van der Waals surface area contributed by atoms with Crippen molar-refractivity contribution in [3.63, 3.8) is 0 Å². The molecule has 0 N–H and O–H groups in total. The predicted octanol–water partition coefficient (Wildman–Crippen LogP) is 4.34. The number of likely N-dealkylation sites (tertiary alicyclic amines) is 1. The molecule has 17 heavy (non-hydrogen) atoms. The highest BCUT2D eigenvalue weighted by molar-refractivity contribution is 9.09. The first-order valence-corrected chi connectivity index (χ1v) is 7.81. The number of hydrogen-bond acceptors (Lipinski definition) is 1. The number of benzene rings is 1. The van der Waals surface area contributed by atoms with E-state index in [9.17, 15) is 0 Å². The number of piperidine rings is 1. The van der Waals surface area contributed by atoms with E-state index in [1.807, 2.05) is 12.1 Å². The number of nitrogens with zero attached hydrogens (tertiary/aromatic N) is 1. The fraction of sp³-hybridized carbons (Fsp3) is 0.571. The summed E-state index contributed by atoms with van der Waals surface area (Å²) in [6, 6.07) is 8.18. The molecule has 0 spiro atoms. The van der Waals surface area contributed by atoms with Crippen molar-refractivity contribution in [2.75, 3.05) is 18.4 Å². The molecule has 0 aliphatic carbocycles. The smallest absolute Gasteiger partial charge is 0.0451 e. The lowest BCUT2D eigenvalue weighted by atomic mass is 9.95. The van der Waals surface area contributed by atoms with Gasteiger partial charge in [0.05, 0.1) is 0 Å². The Labute approximate surface area is 117 Å². The molecule has 94 valence electrons. The van der Waals surface area contributed by atoms with E-state index in [-0.39, 0.29) is 0 Å². The third-order valence-corrected chi connectivity index (χ3v) is 4.30. The number of alkyl halides is 1. The van der Waals surface area contributed by atoms with Gasteiger partial charge in [-0.05, 0) is 43.4 Å². The zero-order chi connectivity index (χ0) is 12.1. The van der Waals surface area contributed by atoms with E-state index >= 15 is 0 Å². The molecule has 0 saturated carbocycles. The minimum absolute atomic E-state index is 0.852. The van der Waals surface area contributed by atoms with Crippen molar-refractivity contribution >= 4 is 27.5 Å².